The molecule has 5 aliphatic rings. The molecule has 4 heterocycles. The third-order valence-electron chi connectivity index (χ3n) is 19.6. The van der Waals surface area contributed by atoms with Gasteiger partial charge in [0.2, 0.25) is 30.0 Å². The molecule has 1 fully saturated rings. The quantitative estimate of drug-likeness (QED) is 0.0227. The van der Waals surface area contributed by atoms with Crippen molar-refractivity contribution in [3.63, 3.8) is 0 Å². The van der Waals surface area contributed by atoms with E-state index in [2.05, 4.69) is 26.3 Å². The van der Waals surface area contributed by atoms with E-state index in [0.29, 0.717) is 178 Å². The van der Waals surface area contributed by atoms with Gasteiger partial charge in [-0.15, -0.1) is 0 Å². The van der Waals surface area contributed by atoms with Crippen molar-refractivity contribution >= 4 is 58.7 Å². The summed E-state index contributed by atoms with van der Waals surface area (Å²) < 4.78 is 74.4. The number of carbonyl (C=O) groups excluding carboxylic acids is 6. The van der Waals surface area contributed by atoms with Gasteiger partial charge in [0.05, 0.1) is 174 Å². The van der Waals surface area contributed by atoms with Crippen LogP contribution in [0.15, 0.2) is 77.1 Å². The topological polar surface area (TPSA) is 333 Å². The van der Waals surface area contributed by atoms with Crippen LogP contribution in [0.5, 0.6) is 23.0 Å². The molecule has 0 radical (unpaired) electrons. The molecule has 6 amide bonds. The van der Waals surface area contributed by atoms with E-state index in [9.17, 15) is 39.0 Å². The minimum Gasteiger partial charge on any atom is -0.493 e. The number of anilines is 2. The molecule has 29 heteroatoms. The van der Waals surface area contributed by atoms with Gasteiger partial charge in [0.25, 0.3) is 11.8 Å². The molecule has 6 N–H and O–H groups in total. The fraction of sp³-hybridized carbons (Fsp3) is 0.642. The molecule has 6 atom stereocenters. The van der Waals surface area contributed by atoms with Crippen LogP contribution < -0.4 is 45.1 Å². The van der Waals surface area contributed by atoms with Crippen LogP contribution in [0.25, 0.3) is 0 Å². The van der Waals surface area contributed by atoms with Gasteiger partial charge in [0, 0.05) is 55.8 Å². The zero-order valence-electron chi connectivity index (χ0n) is 65.6. The Balaban J connectivity index is 0.638. The predicted molar refractivity (Wildman–Crippen MR) is 413 cm³/mol. The SMILES string of the molecule is COc1cc2c(cc1OCCCCCOc1cc3c(cc1OC)C(=O)N1C=C(C)C[C@H]1[C@H](O)N3C(O)OCc1ccc(NC(=O)[C@H](C)NC(=O)[C@@H](NC(=O)CCOCCOCCOCCOCCOCCOCCOCCOCCNC(=O)CC3CCCCCCCCCC3)C(C)C)cc1)N=C[C@@H]1CC(C)=CN1C2=O. The molecule has 4 aliphatic heterocycles. The zero-order valence-corrected chi connectivity index (χ0v) is 65.6. The van der Waals surface area contributed by atoms with Crippen molar-refractivity contribution in [1.82, 2.24) is 25.8 Å². The van der Waals surface area contributed by atoms with Crippen molar-refractivity contribution in [2.45, 2.75) is 187 Å². The van der Waals surface area contributed by atoms with Crippen LogP contribution in [-0.2, 0) is 68.4 Å². The second-order valence-corrected chi connectivity index (χ2v) is 28.6. The summed E-state index contributed by atoms with van der Waals surface area (Å²) in [5, 5.41) is 35.2. The van der Waals surface area contributed by atoms with Crippen LogP contribution in [0.2, 0.25) is 0 Å². The Bertz CT molecular complexity index is 3440. The maximum atomic E-state index is 14.3. The molecule has 610 valence electrons. The highest BCUT2D eigenvalue weighted by atomic mass is 16.6. The molecule has 3 aromatic rings. The number of rotatable bonds is 49. The molecule has 29 nitrogen and oxygen atoms in total. The number of amides is 6. The highest BCUT2D eigenvalue weighted by Crippen LogP contribution is 2.43. The van der Waals surface area contributed by atoms with E-state index in [1.54, 1.807) is 73.6 Å². The Morgan fingerprint density at radius 2 is 1.07 bits per heavy atom. The normalized spacial score (nSPS) is 18.2. The Hall–Kier alpha value is -7.81. The lowest BCUT2D eigenvalue weighted by Gasteiger charge is -2.36. The number of ether oxygens (including phenoxy) is 13. The van der Waals surface area contributed by atoms with Gasteiger partial charge in [-0.2, -0.15) is 0 Å². The number of unbranched alkanes of at least 4 members (excludes halogenated alkanes) is 2. The van der Waals surface area contributed by atoms with Crippen LogP contribution >= 0.6 is 0 Å². The molecular weight excluding hydrogens is 1420 g/mol. The lowest BCUT2D eigenvalue weighted by Crippen LogP contribution is -2.53. The standard InChI is InChI=1S/C81H120N8O21/c1-56(2)75(86-73(90)25-29-100-31-33-102-35-37-104-39-41-106-43-44-107-42-40-105-38-36-103-34-32-101-30-26-82-74(91)47-60-19-15-12-10-8-9-11-13-16-20-60)77(93)84-59(5)76(92)85-62-23-21-61(22-24-62)55-110-81(97)89-67-51-72(70(99-7)49-65(67)79(95)88-54-58(4)46-68(88)80(89)96)109-28-18-14-17-27-108-71-50-66-64(48-69(71)98-6)78(94)87-53-57(3)45-63(87)52-83-66/h21-24,48-54,56,59-60,63,68,75,80-81,96-97H,8-20,25-47,55H2,1-7H3,(H,82,91)(H,84,93)(H,85,92)(H,86,90)/t59-,63-,68-,75-,80-,81?/m0/s1. The molecule has 0 aromatic heterocycles. The van der Waals surface area contributed by atoms with Gasteiger partial charge < -0.3 is 103 Å². The Labute approximate surface area is 648 Å². The number of benzene rings is 3. The molecule has 1 aliphatic carbocycles. The minimum atomic E-state index is -1.76. The second kappa shape index (κ2) is 48.2. The van der Waals surface area contributed by atoms with Crippen molar-refractivity contribution in [2.24, 2.45) is 16.8 Å². The van der Waals surface area contributed by atoms with Gasteiger partial charge in [0.15, 0.2) is 29.2 Å². The van der Waals surface area contributed by atoms with Gasteiger partial charge in [-0.25, -0.2) is 0 Å². The summed E-state index contributed by atoms with van der Waals surface area (Å²) in [4.78, 5) is 89.0. The van der Waals surface area contributed by atoms with Crippen molar-refractivity contribution in [3.8, 4) is 23.0 Å². The molecule has 0 saturated heterocycles. The van der Waals surface area contributed by atoms with Crippen molar-refractivity contribution < 1.29 is 101 Å². The third-order valence-corrected chi connectivity index (χ3v) is 19.6. The number of aliphatic imine (C=N–C) groups is 1. The van der Waals surface area contributed by atoms with E-state index in [-0.39, 0.29) is 79.4 Å². The monoisotopic (exact) mass is 1540 g/mol. The summed E-state index contributed by atoms with van der Waals surface area (Å²) in [6.45, 7) is 16.2. The Morgan fingerprint density at radius 3 is 1.64 bits per heavy atom. The third kappa shape index (κ3) is 28.7. The first-order valence-electron chi connectivity index (χ1n) is 39.3. The number of hydrogen-bond donors (Lipinski definition) is 6. The first-order chi connectivity index (χ1) is 53.4. The number of fused-ring (bicyclic) bond motifs is 4. The summed E-state index contributed by atoms with van der Waals surface area (Å²) in [7, 11) is 2.99. The number of aliphatic hydroxyl groups excluding tert-OH is 2. The van der Waals surface area contributed by atoms with E-state index >= 15 is 0 Å². The summed E-state index contributed by atoms with van der Waals surface area (Å²) >= 11 is 0. The highest BCUT2D eigenvalue weighted by molar-refractivity contribution is 6.05. The number of carbonyl (C=O) groups is 6. The fourth-order valence-corrected chi connectivity index (χ4v) is 13.5. The number of aliphatic hydroxyl groups is 2. The number of nitrogens with one attached hydrogen (secondary N) is 4. The average Bonchev–Trinajstić information content (AvgIpc) is 1.59. The first kappa shape index (κ1) is 87.8. The highest BCUT2D eigenvalue weighted by Gasteiger charge is 2.45. The lowest BCUT2D eigenvalue weighted by molar-refractivity contribution is -0.132. The molecule has 110 heavy (non-hydrogen) atoms. The largest absolute Gasteiger partial charge is 0.493 e. The summed E-state index contributed by atoms with van der Waals surface area (Å²) in [6, 6.07) is 10.3. The van der Waals surface area contributed by atoms with Crippen LogP contribution in [0.3, 0.4) is 0 Å². The van der Waals surface area contributed by atoms with E-state index in [1.165, 1.54) is 88.4 Å². The molecular formula is C81H120N8O21. The Morgan fingerprint density at radius 1 is 0.564 bits per heavy atom. The summed E-state index contributed by atoms with van der Waals surface area (Å²) in [6.07, 6.45) is 18.6. The van der Waals surface area contributed by atoms with Crippen molar-refractivity contribution in [2.75, 3.05) is 150 Å². The van der Waals surface area contributed by atoms with Crippen LogP contribution in [-0.4, -0.2) is 238 Å². The number of hydrogen-bond acceptors (Lipinski definition) is 23. The van der Waals surface area contributed by atoms with Crippen LogP contribution in [0, 0.1) is 11.8 Å². The van der Waals surface area contributed by atoms with Gasteiger partial charge in [0.1, 0.15) is 12.1 Å². The van der Waals surface area contributed by atoms with Gasteiger partial charge in [-0.1, -0.05) is 88.5 Å². The maximum absolute atomic E-state index is 14.3. The minimum absolute atomic E-state index is 0.00205. The van der Waals surface area contributed by atoms with Crippen LogP contribution in [0.1, 0.15) is 170 Å². The van der Waals surface area contributed by atoms with E-state index in [1.807, 2.05) is 20.0 Å². The zero-order chi connectivity index (χ0) is 78.4. The van der Waals surface area contributed by atoms with Crippen LogP contribution in [0.4, 0.5) is 17.1 Å². The predicted octanol–water partition coefficient (Wildman–Crippen LogP) is 9.06. The van der Waals surface area contributed by atoms with Gasteiger partial charge >= 0.3 is 0 Å². The lowest BCUT2D eigenvalue weighted by atomic mass is 9.92. The van der Waals surface area contributed by atoms with Gasteiger partial charge in [-0.3, -0.25) is 38.7 Å². The molecule has 3 aromatic carbocycles. The number of methoxy groups -OCH3 is 2. The Kier molecular flexibility index (Phi) is 38.4. The second-order valence-electron chi connectivity index (χ2n) is 28.6. The average molecular weight is 1540 g/mol. The van der Waals surface area contributed by atoms with Crippen molar-refractivity contribution in [3.05, 3.63) is 88.8 Å². The van der Waals surface area contributed by atoms with Gasteiger partial charge in [-0.05, 0) is 107 Å². The number of nitrogens with zero attached hydrogens (tertiary/aromatic N) is 4. The molecule has 0 spiro atoms. The smallest absolute Gasteiger partial charge is 0.260 e. The van der Waals surface area contributed by atoms with E-state index in [0.717, 1.165) is 30.4 Å². The summed E-state index contributed by atoms with van der Waals surface area (Å²) in [5.41, 5.74) is 4.24. The summed E-state index contributed by atoms with van der Waals surface area (Å²) in [5.74, 6) is -0.206. The van der Waals surface area contributed by atoms with E-state index in [4.69, 9.17) is 61.6 Å². The maximum Gasteiger partial charge on any atom is 0.260 e. The molecule has 1 unspecified atom stereocenters. The van der Waals surface area contributed by atoms with E-state index < -0.39 is 54.4 Å². The molecule has 0 bridgehead atoms. The van der Waals surface area contributed by atoms with Crippen molar-refractivity contribution in [1.29, 1.82) is 0 Å². The fourth-order valence-electron chi connectivity index (χ4n) is 13.5. The molecule has 8 rings (SSSR count). The first-order valence-corrected chi connectivity index (χ1v) is 39.3. The molecule has 1 saturated carbocycles.